The van der Waals surface area contributed by atoms with Crippen LogP contribution in [0.3, 0.4) is 0 Å². The third-order valence-electron chi connectivity index (χ3n) is 4.62. The molecule has 2 aliphatic heterocycles. The van der Waals surface area contributed by atoms with Crippen LogP contribution in [0.25, 0.3) is 0 Å². The predicted octanol–water partition coefficient (Wildman–Crippen LogP) is 0.432. The van der Waals surface area contributed by atoms with Gasteiger partial charge >= 0.3 is 5.97 Å². The summed E-state index contributed by atoms with van der Waals surface area (Å²) in [6.07, 6.45) is 2.29. The molecule has 0 saturated carbocycles. The van der Waals surface area contributed by atoms with Gasteiger partial charge in [0, 0.05) is 32.6 Å². The molecule has 0 bridgehead atoms. The number of carbonyl (C=O) groups excluding carboxylic acids is 1. The van der Waals surface area contributed by atoms with Gasteiger partial charge < -0.3 is 26.0 Å². The molecule has 2 fully saturated rings. The summed E-state index contributed by atoms with van der Waals surface area (Å²) < 4.78 is 0. The van der Waals surface area contributed by atoms with Crippen LogP contribution in [0.15, 0.2) is 12.1 Å². The molecule has 0 aromatic carbocycles. The van der Waals surface area contributed by atoms with Crippen molar-refractivity contribution in [2.24, 2.45) is 0 Å². The van der Waals surface area contributed by atoms with Crippen LogP contribution in [0, 0.1) is 0 Å². The maximum atomic E-state index is 11.4. The first-order valence-electron chi connectivity index (χ1n) is 8.23. The number of aromatic nitrogens is 1. The molecule has 0 spiro atoms. The van der Waals surface area contributed by atoms with Gasteiger partial charge in [-0.1, -0.05) is 0 Å². The summed E-state index contributed by atoms with van der Waals surface area (Å²) >= 11 is 0. The van der Waals surface area contributed by atoms with Crippen molar-refractivity contribution in [3.05, 3.63) is 12.1 Å². The third-order valence-corrected chi connectivity index (χ3v) is 4.62. The highest BCUT2D eigenvalue weighted by molar-refractivity contribution is 5.81. The topological polar surface area (TPSA) is 112 Å². The molecule has 2 unspecified atom stereocenters. The minimum Gasteiger partial charge on any atom is -0.480 e. The zero-order valence-electron chi connectivity index (χ0n) is 13.7. The Hall–Kier alpha value is -2.51. The van der Waals surface area contributed by atoms with Gasteiger partial charge in [0.1, 0.15) is 11.9 Å². The van der Waals surface area contributed by atoms with Crippen LogP contribution in [0.5, 0.6) is 0 Å². The van der Waals surface area contributed by atoms with E-state index in [4.69, 9.17) is 5.73 Å². The lowest BCUT2D eigenvalue weighted by Crippen LogP contribution is -2.37. The van der Waals surface area contributed by atoms with Crippen molar-refractivity contribution in [1.82, 2.24) is 10.3 Å². The maximum absolute atomic E-state index is 11.4. The van der Waals surface area contributed by atoms with Crippen molar-refractivity contribution in [1.29, 1.82) is 0 Å². The summed E-state index contributed by atoms with van der Waals surface area (Å²) in [5.74, 6) is 0.434. The number of nitrogen functional groups attached to an aromatic ring is 1. The average molecular weight is 333 g/mol. The summed E-state index contributed by atoms with van der Waals surface area (Å²) in [5.41, 5.74) is 6.54. The number of rotatable bonds is 4. The van der Waals surface area contributed by atoms with Gasteiger partial charge in [0.25, 0.3) is 0 Å². The highest BCUT2D eigenvalue weighted by Gasteiger charge is 2.33. The van der Waals surface area contributed by atoms with Crippen molar-refractivity contribution in [2.75, 3.05) is 35.2 Å². The Morgan fingerprint density at radius 1 is 1.33 bits per heavy atom. The summed E-state index contributed by atoms with van der Waals surface area (Å²) in [5, 5.41) is 12.3. The smallest absolute Gasteiger partial charge is 0.326 e. The first kappa shape index (κ1) is 16.4. The molecule has 1 amide bonds. The van der Waals surface area contributed by atoms with E-state index in [9.17, 15) is 14.7 Å². The molecule has 1 aromatic rings. The molecular formula is C16H23N5O3. The molecule has 0 radical (unpaired) electrons. The number of nitrogens with one attached hydrogen (secondary N) is 1. The number of hydrogen-bond acceptors (Lipinski definition) is 6. The minimum atomic E-state index is -0.842. The van der Waals surface area contributed by atoms with Crippen LogP contribution >= 0.6 is 0 Å². The number of amides is 1. The van der Waals surface area contributed by atoms with E-state index < -0.39 is 12.0 Å². The van der Waals surface area contributed by atoms with Crippen molar-refractivity contribution < 1.29 is 14.7 Å². The molecule has 3 heterocycles. The summed E-state index contributed by atoms with van der Waals surface area (Å²) in [7, 11) is 0. The van der Waals surface area contributed by atoms with E-state index in [1.807, 2.05) is 6.07 Å². The van der Waals surface area contributed by atoms with Crippen LogP contribution in [0.4, 0.5) is 17.3 Å². The number of carbonyl (C=O) groups is 2. The number of carboxylic acids is 1. The Morgan fingerprint density at radius 3 is 2.83 bits per heavy atom. The second kappa shape index (κ2) is 6.54. The van der Waals surface area contributed by atoms with E-state index in [-0.39, 0.29) is 11.9 Å². The maximum Gasteiger partial charge on any atom is 0.326 e. The molecular weight excluding hydrogens is 310 g/mol. The van der Waals surface area contributed by atoms with E-state index in [0.29, 0.717) is 31.0 Å². The summed E-state index contributed by atoms with van der Waals surface area (Å²) in [6.45, 7) is 3.65. The van der Waals surface area contributed by atoms with E-state index in [1.54, 1.807) is 11.0 Å². The molecule has 4 N–H and O–H groups in total. The normalized spacial score (nSPS) is 23.5. The lowest BCUT2D eigenvalue weighted by Gasteiger charge is -2.26. The fraction of sp³-hybridized carbons (Fsp3) is 0.562. The van der Waals surface area contributed by atoms with Crippen molar-refractivity contribution in [3.63, 3.8) is 0 Å². The number of pyridine rings is 1. The Kier molecular flexibility index (Phi) is 4.46. The van der Waals surface area contributed by atoms with Crippen LogP contribution in [-0.4, -0.2) is 53.7 Å². The van der Waals surface area contributed by atoms with Crippen molar-refractivity contribution in [2.45, 2.75) is 38.3 Å². The number of anilines is 3. The zero-order valence-corrected chi connectivity index (χ0v) is 13.7. The van der Waals surface area contributed by atoms with Gasteiger partial charge in [-0.25, -0.2) is 9.78 Å². The molecule has 2 saturated heterocycles. The quantitative estimate of drug-likeness (QED) is 0.732. The number of aliphatic carboxylic acids is 1. The molecule has 130 valence electrons. The molecule has 1 aromatic heterocycles. The van der Waals surface area contributed by atoms with Gasteiger partial charge in [-0.15, -0.1) is 0 Å². The van der Waals surface area contributed by atoms with Gasteiger partial charge in [0.05, 0.1) is 5.69 Å². The zero-order chi connectivity index (χ0) is 17.3. The largest absolute Gasteiger partial charge is 0.480 e. The van der Waals surface area contributed by atoms with Crippen LogP contribution in [0.2, 0.25) is 0 Å². The Labute approximate surface area is 140 Å². The van der Waals surface area contributed by atoms with Crippen molar-refractivity contribution in [3.8, 4) is 0 Å². The lowest BCUT2D eigenvalue weighted by atomic mass is 10.2. The summed E-state index contributed by atoms with van der Waals surface area (Å²) in [4.78, 5) is 31.1. The fourth-order valence-corrected chi connectivity index (χ4v) is 3.51. The van der Waals surface area contributed by atoms with E-state index in [2.05, 4.69) is 15.2 Å². The van der Waals surface area contributed by atoms with Crippen molar-refractivity contribution >= 4 is 29.2 Å². The molecule has 8 nitrogen and oxygen atoms in total. The lowest BCUT2D eigenvalue weighted by molar-refractivity contribution is -0.138. The number of nitrogens with two attached hydrogens (primary N) is 1. The minimum absolute atomic E-state index is 0.0332. The molecule has 3 rings (SSSR count). The molecule has 24 heavy (non-hydrogen) atoms. The fourth-order valence-electron chi connectivity index (χ4n) is 3.51. The van der Waals surface area contributed by atoms with Gasteiger partial charge in [0.15, 0.2) is 5.82 Å². The molecule has 2 atom stereocenters. The Morgan fingerprint density at radius 2 is 2.12 bits per heavy atom. The average Bonchev–Trinajstić information content (AvgIpc) is 3.16. The molecule has 2 aliphatic rings. The van der Waals surface area contributed by atoms with Crippen LogP contribution < -0.4 is 20.9 Å². The SMILES string of the molecule is CC(=O)NC1CCN(c2ccc(N)c(N3CCCC3C(=O)O)n2)C1. The third kappa shape index (κ3) is 3.22. The summed E-state index contributed by atoms with van der Waals surface area (Å²) in [6, 6.07) is 3.17. The second-order valence-corrected chi connectivity index (χ2v) is 6.40. The molecule has 0 aliphatic carbocycles. The first-order valence-corrected chi connectivity index (χ1v) is 8.23. The van der Waals surface area contributed by atoms with Crippen LogP contribution in [0.1, 0.15) is 26.2 Å². The highest BCUT2D eigenvalue weighted by atomic mass is 16.4. The predicted molar refractivity (Wildman–Crippen MR) is 91.1 cm³/mol. The Balaban J connectivity index is 1.80. The van der Waals surface area contributed by atoms with E-state index in [1.165, 1.54) is 6.92 Å². The highest BCUT2D eigenvalue weighted by Crippen LogP contribution is 2.31. The van der Waals surface area contributed by atoms with Crippen LogP contribution in [-0.2, 0) is 9.59 Å². The second-order valence-electron chi connectivity index (χ2n) is 6.40. The molecule has 8 heteroatoms. The van der Waals surface area contributed by atoms with E-state index in [0.717, 1.165) is 25.2 Å². The van der Waals surface area contributed by atoms with Gasteiger partial charge in [0.2, 0.25) is 5.91 Å². The first-order chi connectivity index (χ1) is 11.5. The van der Waals surface area contributed by atoms with Gasteiger partial charge in [-0.2, -0.15) is 0 Å². The van der Waals surface area contributed by atoms with Gasteiger partial charge in [-0.3, -0.25) is 4.79 Å². The number of nitrogens with zero attached hydrogens (tertiary/aromatic N) is 3. The van der Waals surface area contributed by atoms with E-state index >= 15 is 0 Å². The standard InChI is InChI=1S/C16H23N5O3/c1-10(22)18-11-6-8-20(9-11)14-5-4-12(17)15(19-14)21-7-2-3-13(21)16(23)24/h4-5,11,13H,2-3,6-9,17H2,1H3,(H,18,22)(H,23,24). The number of hydrogen-bond donors (Lipinski definition) is 3. The Bertz CT molecular complexity index is 651. The number of carboxylic acid groups (broad SMARTS) is 1. The van der Waals surface area contributed by atoms with Gasteiger partial charge in [-0.05, 0) is 31.4 Å². The monoisotopic (exact) mass is 333 g/mol.